The quantitative estimate of drug-likeness (QED) is 0.194. The molecular weight excluding hydrogens is 588 g/mol. The maximum atomic E-state index is 14.0. The van der Waals surface area contributed by atoms with Crippen molar-refractivity contribution in [2.45, 2.75) is 145 Å². The van der Waals surface area contributed by atoms with Crippen molar-refractivity contribution >= 4 is 29.7 Å². The van der Waals surface area contributed by atoms with Crippen molar-refractivity contribution in [2.24, 2.45) is 58.2 Å². The Balaban J connectivity index is 1.64. The van der Waals surface area contributed by atoms with Crippen molar-refractivity contribution in [3.63, 3.8) is 0 Å². The van der Waals surface area contributed by atoms with Crippen LogP contribution in [0.25, 0.3) is 0 Å². The standard InChI is InChI=1S/C37H58O9/c1-11-25(19(2)3)35(46-24(8)41)34(45-23(7)40)20(4)27-12-13-28-26-16-31(42)30-17-32(43-21(5)38)33(44-22(6)39)18-37(30,10)29(26)14-15-36(27,28)9/h19-20,25-30,32-35H,11-18H2,1-10H3/t20-,25-,26?,27+,28?,29?,30?,32-,33+,34-,35-,36+,37+/m0/s1. The normalized spacial score (nSPS) is 37.9. The van der Waals surface area contributed by atoms with E-state index >= 15 is 0 Å². The van der Waals surface area contributed by atoms with Gasteiger partial charge in [0.05, 0.1) is 0 Å². The lowest BCUT2D eigenvalue weighted by molar-refractivity contribution is -0.197. The number of rotatable bonds is 10. The van der Waals surface area contributed by atoms with Crippen LogP contribution in [0, 0.1) is 58.2 Å². The number of ether oxygens (including phenoxy) is 4. The number of fused-ring (bicyclic) bond motifs is 5. The van der Waals surface area contributed by atoms with Gasteiger partial charge in [-0.2, -0.15) is 0 Å². The average Bonchev–Trinajstić information content (AvgIpc) is 3.28. The summed E-state index contributed by atoms with van der Waals surface area (Å²) in [6.45, 7) is 18.6. The molecule has 0 aromatic carbocycles. The van der Waals surface area contributed by atoms with Crippen LogP contribution in [0.15, 0.2) is 0 Å². The summed E-state index contributed by atoms with van der Waals surface area (Å²) in [6, 6.07) is 0. The summed E-state index contributed by atoms with van der Waals surface area (Å²) in [5.74, 6) is -0.389. The first-order valence-electron chi connectivity index (χ1n) is 17.7. The van der Waals surface area contributed by atoms with Crippen LogP contribution in [0.4, 0.5) is 0 Å². The van der Waals surface area contributed by atoms with Crippen LogP contribution in [0.2, 0.25) is 0 Å². The second-order valence-electron chi connectivity index (χ2n) is 15.9. The Labute approximate surface area is 275 Å². The van der Waals surface area contributed by atoms with Crippen molar-refractivity contribution in [2.75, 3.05) is 0 Å². The fraction of sp³-hybridized carbons (Fsp3) is 0.865. The highest BCUT2D eigenvalue weighted by molar-refractivity contribution is 5.83. The summed E-state index contributed by atoms with van der Waals surface area (Å²) in [7, 11) is 0. The van der Waals surface area contributed by atoms with Crippen molar-refractivity contribution in [1.82, 2.24) is 0 Å². The number of esters is 4. The van der Waals surface area contributed by atoms with E-state index in [-0.39, 0.29) is 70.0 Å². The Hall–Kier alpha value is -2.45. The third-order valence-electron chi connectivity index (χ3n) is 13.0. The van der Waals surface area contributed by atoms with E-state index in [1.165, 1.54) is 27.7 Å². The van der Waals surface area contributed by atoms with Gasteiger partial charge in [0.15, 0.2) is 0 Å². The third-order valence-corrected chi connectivity index (χ3v) is 13.0. The number of hydrogen-bond donors (Lipinski definition) is 0. The summed E-state index contributed by atoms with van der Waals surface area (Å²) in [4.78, 5) is 62.9. The highest BCUT2D eigenvalue weighted by Crippen LogP contribution is 2.68. The zero-order valence-electron chi connectivity index (χ0n) is 29.8. The van der Waals surface area contributed by atoms with Gasteiger partial charge in [0.1, 0.15) is 30.2 Å². The first kappa shape index (κ1) is 36.4. The predicted molar refractivity (Wildman–Crippen MR) is 171 cm³/mol. The van der Waals surface area contributed by atoms with Crippen molar-refractivity contribution < 1.29 is 42.9 Å². The van der Waals surface area contributed by atoms with Gasteiger partial charge in [0, 0.05) is 51.9 Å². The molecule has 9 heteroatoms. The molecule has 4 aliphatic rings. The Morgan fingerprint density at radius 3 is 1.89 bits per heavy atom. The zero-order valence-corrected chi connectivity index (χ0v) is 29.8. The molecule has 4 fully saturated rings. The van der Waals surface area contributed by atoms with Crippen LogP contribution in [0.5, 0.6) is 0 Å². The van der Waals surface area contributed by atoms with Crippen LogP contribution in [-0.2, 0) is 42.9 Å². The Bertz CT molecular complexity index is 1180. The van der Waals surface area contributed by atoms with Gasteiger partial charge in [0.25, 0.3) is 0 Å². The van der Waals surface area contributed by atoms with Gasteiger partial charge in [-0.05, 0) is 85.4 Å². The molecule has 0 heterocycles. The molecule has 0 aliphatic heterocycles. The fourth-order valence-electron chi connectivity index (χ4n) is 11.2. The highest BCUT2D eigenvalue weighted by Gasteiger charge is 2.65. The topological polar surface area (TPSA) is 122 Å². The number of carbonyl (C=O) groups is 5. The average molecular weight is 647 g/mol. The SMILES string of the molecule is CC[C@@H](C(C)C)[C@H](OC(C)=O)[C@@H](OC(C)=O)[C@@H](C)[C@H]1CCC2C3CC(=O)C4C[C@H](OC(C)=O)[C@H](OC(C)=O)C[C@]4(C)C3CC[C@@]21C. The van der Waals surface area contributed by atoms with Gasteiger partial charge in [-0.1, -0.05) is 41.5 Å². The summed E-state index contributed by atoms with van der Waals surface area (Å²) >= 11 is 0. The van der Waals surface area contributed by atoms with E-state index in [0.717, 1.165) is 32.1 Å². The number of Topliss-reactive ketones (excluding diaryl/α,β-unsaturated/α-hetero) is 1. The van der Waals surface area contributed by atoms with Gasteiger partial charge < -0.3 is 18.9 Å². The van der Waals surface area contributed by atoms with E-state index in [1.807, 2.05) is 0 Å². The molecule has 4 saturated carbocycles. The molecule has 4 unspecified atom stereocenters. The van der Waals surface area contributed by atoms with Crippen molar-refractivity contribution in [1.29, 1.82) is 0 Å². The number of carbonyl (C=O) groups excluding carboxylic acids is 5. The van der Waals surface area contributed by atoms with Crippen LogP contribution < -0.4 is 0 Å². The summed E-state index contributed by atoms with van der Waals surface area (Å²) in [5.41, 5.74) is -0.443. The molecule has 0 spiro atoms. The minimum Gasteiger partial charge on any atom is -0.459 e. The molecule has 4 rings (SSSR count). The second kappa shape index (κ2) is 14.0. The smallest absolute Gasteiger partial charge is 0.303 e. The maximum absolute atomic E-state index is 14.0. The van der Waals surface area contributed by atoms with Gasteiger partial charge in [-0.25, -0.2) is 0 Å². The van der Waals surface area contributed by atoms with Crippen LogP contribution in [-0.4, -0.2) is 54.1 Å². The molecule has 4 aliphatic carbocycles. The van der Waals surface area contributed by atoms with Crippen LogP contribution in [0.3, 0.4) is 0 Å². The fourth-order valence-corrected chi connectivity index (χ4v) is 11.2. The third kappa shape index (κ3) is 6.89. The summed E-state index contributed by atoms with van der Waals surface area (Å²) < 4.78 is 23.4. The molecule has 0 aromatic heterocycles. The lowest BCUT2D eigenvalue weighted by Gasteiger charge is -2.61. The molecule has 0 bridgehead atoms. The molecule has 0 N–H and O–H groups in total. The Morgan fingerprint density at radius 2 is 1.35 bits per heavy atom. The lowest BCUT2D eigenvalue weighted by atomic mass is 9.43. The lowest BCUT2D eigenvalue weighted by Crippen LogP contribution is -2.60. The van der Waals surface area contributed by atoms with Gasteiger partial charge in [-0.3, -0.25) is 24.0 Å². The molecule has 0 aromatic rings. The van der Waals surface area contributed by atoms with Crippen LogP contribution >= 0.6 is 0 Å². The Kier molecular flexibility index (Phi) is 11.0. The van der Waals surface area contributed by atoms with Crippen molar-refractivity contribution in [3.8, 4) is 0 Å². The second-order valence-corrected chi connectivity index (χ2v) is 15.9. The van der Waals surface area contributed by atoms with E-state index in [1.54, 1.807) is 0 Å². The molecule has 46 heavy (non-hydrogen) atoms. The summed E-state index contributed by atoms with van der Waals surface area (Å²) in [6.07, 6.45) is 3.74. The number of ketones is 1. The maximum Gasteiger partial charge on any atom is 0.303 e. The van der Waals surface area contributed by atoms with Gasteiger partial charge in [0.2, 0.25) is 0 Å². The molecule has 0 radical (unpaired) electrons. The van der Waals surface area contributed by atoms with Crippen molar-refractivity contribution in [3.05, 3.63) is 0 Å². The molecular formula is C37H58O9. The van der Waals surface area contributed by atoms with Gasteiger partial charge in [-0.15, -0.1) is 0 Å². The first-order chi connectivity index (χ1) is 21.4. The molecule has 0 amide bonds. The summed E-state index contributed by atoms with van der Waals surface area (Å²) in [5, 5.41) is 0. The zero-order chi connectivity index (χ0) is 34.3. The molecule has 9 nitrogen and oxygen atoms in total. The van der Waals surface area contributed by atoms with E-state index in [0.29, 0.717) is 25.2 Å². The minimum atomic E-state index is -0.619. The van der Waals surface area contributed by atoms with E-state index in [9.17, 15) is 24.0 Å². The van der Waals surface area contributed by atoms with Crippen LogP contribution in [0.1, 0.15) is 121 Å². The monoisotopic (exact) mass is 646 g/mol. The molecule has 0 saturated heterocycles. The molecule has 260 valence electrons. The predicted octanol–water partition coefficient (Wildman–Crippen LogP) is 6.48. The number of hydrogen-bond acceptors (Lipinski definition) is 9. The van der Waals surface area contributed by atoms with E-state index in [4.69, 9.17) is 18.9 Å². The largest absolute Gasteiger partial charge is 0.459 e. The van der Waals surface area contributed by atoms with E-state index < -0.39 is 36.4 Å². The van der Waals surface area contributed by atoms with Gasteiger partial charge >= 0.3 is 23.9 Å². The highest BCUT2D eigenvalue weighted by atomic mass is 16.6. The minimum absolute atomic E-state index is 0.0385. The Morgan fingerprint density at radius 1 is 0.783 bits per heavy atom. The first-order valence-corrected chi connectivity index (χ1v) is 17.7. The molecule has 13 atom stereocenters. The van der Waals surface area contributed by atoms with E-state index in [2.05, 4.69) is 41.5 Å².